The van der Waals surface area contributed by atoms with Crippen molar-refractivity contribution in [2.24, 2.45) is 0 Å². The molecule has 0 aliphatic heterocycles. The largest absolute Gasteiger partial charge is 0.504 e. The first-order valence-electron chi connectivity index (χ1n) is 8.71. The third-order valence-electron chi connectivity index (χ3n) is 4.47. The van der Waals surface area contributed by atoms with Crippen LogP contribution in [0, 0.1) is 0 Å². The molecule has 3 N–H and O–H groups in total. The number of nitrogens with zero attached hydrogens (tertiary/aromatic N) is 1. The molecule has 0 spiro atoms. The smallest absolute Gasteiger partial charge is 0.329 e. The highest BCUT2D eigenvalue weighted by molar-refractivity contribution is 7.98. The van der Waals surface area contributed by atoms with E-state index in [9.17, 15) is 9.90 Å². The van der Waals surface area contributed by atoms with Gasteiger partial charge in [0.25, 0.3) is 0 Å². The second-order valence-corrected chi connectivity index (χ2v) is 8.97. The number of urea groups is 1. The highest BCUT2D eigenvalue weighted by Gasteiger charge is 2.18. The maximum Gasteiger partial charge on any atom is 0.329 e. The Morgan fingerprint density at radius 1 is 1.26 bits per heavy atom. The van der Waals surface area contributed by atoms with Crippen molar-refractivity contribution in [1.29, 1.82) is 0 Å². The molecule has 0 radical (unpaired) electrons. The minimum Gasteiger partial charge on any atom is -0.504 e. The number of halogens is 1. The molecular formula is C19H18ClN3O2S2. The first kappa shape index (κ1) is 18.4. The van der Waals surface area contributed by atoms with Crippen molar-refractivity contribution in [2.75, 3.05) is 5.32 Å². The number of carbonyl (C=O) groups excluding carboxylic acids is 1. The number of fused-ring (bicyclic) bond motifs is 1. The highest BCUT2D eigenvalue weighted by atomic mass is 35.5. The number of rotatable bonds is 4. The van der Waals surface area contributed by atoms with Gasteiger partial charge >= 0.3 is 6.03 Å². The number of hydrogen-bond donors (Lipinski definition) is 3. The lowest BCUT2D eigenvalue weighted by Crippen LogP contribution is -2.25. The molecule has 1 heterocycles. The summed E-state index contributed by atoms with van der Waals surface area (Å²) in [4.78, 5) is 16.8. The standard InChI is InChI=1S/C19H18ClN3O2S2/c20-13-9-11(18-21-14-7-3-4-8-16(14)26-18)10-15(17(13)24)22-19(25)23-27-12-5-1-2-6-12/h3-4,7-10,12,24H,1-2,5-6H2,(H2,22,23,25). The molecule has 1 saturated carbocycles. The summed E-state index contributed by atoms with van der Waals surface area (Å²) in [5.41, 5.74) is 1.92. The number of phenols is 1. The summed E-state index contributed by atoms with van der Waals surface area (Å²) < 4.78 is 3.87. The van der Waals surface area contributed by atoms with E-state index in [2.05, 4.69) is 15.0 Å². The number of para-hydroxylation sites is 1. The summed E-state index contributed by atoms with van der Waals surface area (Å²) in [6.07, 6.45) is 4.66. The number of amides is 2. The highest BCUT2D eigenvalue weighted by Crippen LogP contribution is 2.39. The fourth-order valence-electron chi connectivity index (χ4n) is 3.10. The molecule has 140 valence electrons. The normalized spacial score (nSPS) is 14.6. The average molecular weight is 420 g/mol. The van der Waals surface area contributed by atoms with Crippen LogP contribution in [-0.4, -0.2) is 21.4 Å². The molecular weight excluding hydrogens is 402 g/mol. The minimum absolute atomic E-state index is 0.150. The molecule has 0 unspecified atom stereocenters. The third kappa shape index (κ3) is 4.15. The van der Waals surface area contributed by atoms with Crippen LogP contribution in [0.25, 0.3) is 20.8 Å². The summed E-state index contributed by atoms with van der Waals surface area (Å²) in [7, 11) is 0. The Kier molecular flexibility index (Phi) is 5.43. The van der Waals surface area contributed by atoms with Gasteiger partial charge in [0.15, 0.2) is 5.75 Å². The zero-order valence-electron chi connectivity index (χ0n) is 14.4. The van der Waals surface area contributed by atoms with E-state index in [4.69, 9.17) is 11.6 Å². The minimum atomic E-state index is -0.375. The van der Waals surface area contributed by atoms with Gasteiger partial charge in [-0.1, -0.05) is 36.6 Å². The van der Waals surface area contributed by atoms with E-state index in [0.717, 1.165) is 33.6 Å². The van der Waals surface area contributed by atoms with Gasteiger partial charge < -0.3 is 10.4 Å². The molecule has 27 heavy (non-hydrogen) atoms. The summed E-state index contributed by atoms with van der Waals surface area (Å²) in [5, 5.41) is 14.3. The summed E-state index contributed by atoms with van der Waals surface area (Å²) in [6.45, 7) is 0. The monoisotopic (exact) mass is 419 g/mol. The van der Waals surface area contributed by atoms with E-state index in [0.29, 0.717) is 5.25 Å². The second kappa shape index (κ2) is 7.96. The van der Waals surface area contributed by atoms with Crippen LogP contribution in [0.1, 0.15) is 25.7 Å². The van der Waals surface area contributed by atoms with Crippen LogP contribution in [0.4, 0.5) is 10.5 Å². The van der Waals surface area contributed by atoms with Crippen LogP contribution in [-0.2, 0) is 0 Å². The SMILES string of the molecule is O=C(NSC1CCCC1)Nc1cc(-c2nc3ccccc3s2)cc(Cl)c1O. The molecule has 1 fully saturated rings. The lowest BCUT2D eigenvalue weighted by atomic mass is 10.2. The van der Waals surface area contributed by atoms with Crippen molar-refractivity contribution in [3.63, 3.8) is 0 Å². The Morgan fingerprint density at radius 3 is 2.81 bits per heavy atom. The first-order valence-corrected chi connectivity index (χ1v) is 10.8. The van der Waals surface area contributed by atoms with E-state index in [1.807, 2.05) is 24.3 Å². The second-order valence-electron chi connectivity index (χ2n) is 6.42. The number of thiazole rings is 1. The fraction of sp³-hybridized carbons (Fsp3) is 0.263. The number of anilines is 1. The molecule has 1 aromatic heterocycles. The Hall–Kier alpha value is -1.96. The third-order valence-corrected chi connectivity index (χ3v) is 6.95. The predicted octanol–water partition coefficient (Wildman–Crippen LogP) is 6.03. The maximum atomic E-state index is 12.2. The van der Waals surface area contributed by atoms with Gasteiger partial charge in [0, 0.05) is 10.8 Å². The number of aromatic nitrogens is 1. The van der Waals surface area contributed by atoms with Crippen molar-refractivity contribution in [3.05, 3.63) is 41.4 Å². The topological polar surface area (TPSA) is 74.2 Å². The molecule has 2 aromatic carbocycles. The number of benzene rings is 2. The van der Waals surface area contributed by atoms with Gasteiger partial charge in [0.05, 0.1) is 20.9 Å². The molecule has 0 bridgehead atoms. The summed E-state index contributed by atoms with van der Waals surface area (Å²) in [5.74, 6) is -0.150. The zero-order valence-corrected chi connectivity index (χ0v) is 16.8. The molecule has 3 aromatic rings. The predicted molar refractivity (Wildman–Crippen MR) is 114 cm³/mol. The molecule has 2 amide bonds. The van der Waals surface area contributed by atoms with Gasteiger partial charge in [-0.25, -0.2) is 9.78 Å². The number of aromatic hydroxyl groups is 1. The zero-order chi connectivity index (χ0) is 18.8. The van der Waals surface area contributed by atoms with Crippen LogP contribution in [0.15, 0.2) is 36.4 Å². The van der Waals surface area contributed by atoms with Crippen LogP contribution in [0.2, 0.25) is 5.02 Å². The lowest BCUT2D eigenvalue weighted by Gasteiger charge is -2.13. The van der Waals surface area contributed by atoms with E-state index < -0.39 is 0 Å². The number of carbonyl (C=O) groups is 1. The quantitative estimate of drug-likeness (QED) is 0.356. The maximum absolute atomic E-state index is 12.2. The molecule has 0 atom stereocenters. The van der Waals surface area contributed by atoms with E-state index in [1.165, 1.54) is 36.1 Å². The Balaban J connectivity index is 1.54. The van der Waals surface area contributed by atoms with E-state index >= 15 is 0 Å². The Morgan fingerprint density at radius 2 is 2.04 bits per heavy atom. The van der Waals surface area contributed by atoms with Gasteiger partial charge in [-0.15, -0.1) is 11.3 Å². The molecule has 4 rings (SSSR count). The number of hydrogen-bond acceptors (Lipinski definition) is 5. The Bertz CT molecular complexity index is 953. The first-order chi connectivity index (χ1) is 13.1. The van der Waals surface area contributed by atoms with Crippen molar-refractivity contribution in [2.45, 2.75) is 30.9 Å². The molecule has 5 nitrogen and oxygen atoms in total. The van der Waals surface area contributed by atoms with Crippen LogP contribution in [0.3, 0.4) is 0 Å². The average Bonchev–Trinajstić information content (AvgIpc) is 3.32. The van der Waals surface area contributed by atoms with Gasteiger partial charge in [-0.05, 0) is 49.1 Å². The van der Waals surface area contributed by atoms with E-state index in [1.54, 1.807) is 12.1 Å². The van der Waals surface area contributed by atoms with Crippen molar-refractivity contribution in [1.82, 2.24) is 9.71 Å². The summed E-state index contributed by atoms with van der Waals surface area (Å²) >= 11 is 9.16. The number of phenolic OH excluding ortho intramolecular Hbond substituents is 1. The van der Waals surface area contributed by atoms with Gasteiger partial charge in [-0.2, -0.15) is 0 Å². The van der Waals surface area contributed by atoms with Crippen LogP contribution in [0.5, 0.6) is 5.75 Å². The van der Waals surface area contributed by atoms with Gasteiger partial charge in [-0.3, -0.25) is 4.72 Å². The van der Waals surface area contributed by atoms with Gasteiger partial charge in [0.1, 0.15) is 5.01 Å². The summed E-state index contributed by atoms with van der Waals surface area (Å²) in [6, 6.07) is 10.8. The van der Waals surface area contributed by atoms with Crippen LogP contribution >= 0.6 is 34.9 Å². The van der Waals surface area contributed by atoms with E-state index in [-0.39, 0.29) is 22.5 Å². The Labute approximate surface area is 170 Å². The molecule has 1 aliphatic rings. The fourth-order valence-corrected chi connectivity index (χ4v) is 5.17. The van der Waals surface area contributed by atoms with Crippen molar-refractivity contribution in [3.8, 4) is 16.3 Å². The molecule has 1 aliphatic carbocycles. The van der Waals surface area contributed by atoms with Gasteiger partial charge in [0.2, 0.25) is 0 Å². The molecule has 0 saturated heterocycles. The van der Waals surface area contributed by atoms with Crippen molar-refractivity contribution >= 4 is 56.8 Å². The lowest BCUT2D eigenvalue weighted by molar-refractivity contribution is 0.257. The van der Waals surface area contributed by atoms with Crippen molar-refractivity contribution < 1.29 is 9.90 Å². The molecule has 8 heteroatoms. The number of nitrogens with one attached hydrogen (secondary N) is 2. The van der Waals surface area contributed by atoms with Crippen LogP contribution < -0.4 is 10.0 Å².